The van der Waals surface area contributed by atoms with Gasteiger partial charge in [-0.1, -0.05) is 38.3 Å². The number of aromatic hydroxyl groups is 1. The molecule has 0 saturated heterocycles. The van der Waals surface area contributed by atoms with Crippen LogP contribution in [0.2, 0.25) is 5.02 Å². The normalized spacial score (nSPS) is 28.1. The molecule has 1 unspecified atom stereocenters. The summed E-state index contributed by atoms with van der Waals surface area (Å²) in [6.45, 7) is 4.46. The molecule has 0 amide bonds. The van der Waals surface area contributed by atoms with Crippen molar-refractivity contribution in [2.45, 2.75) is 44.9 Å². The van der Waals surface area contributed by atoms with Crippen LogP contribution in [-0.2, 0) is 5.41 Å². The molecular weight excluding hydrogens is 220 g/mol. The summed E-state index contributed by atoms with van der Waals surface area (Å²) in [6.07, 6.45) is 4.85. The van der Waals surface area contributed by atoms with Crippen LogP contribution in [0, 0.1) is 5.92 Å². The fraction of sp³-hybridized carbons (Fsp3) is 0.571. The highest BCUT2D eigenvalue weighted by molar-refractivity contribution is 6.30. The van der Waals surface area contributed by atoms with Crippen LogP contribution in [0.15, 0.2) is 18.2 Å². The summed E-state index contributed by atoms with van der Waals surface area (Å²) in [6, 6.07) is 5.51. The lowest BCUT2D eigenvalue weighted by atomic mass is 9.88. The van der Waals surface area contributed by atoms with Gasteiger partial charge in [0.2, 0.25) is 0 Å². The van der Waals surface area contributed by atoms with Gasteiger partial charge in [-0.3, -0.25) is 0 Å². The predicted molar refractivity (Wildman–Crippen MR) is 68.1 cm³/mol. The number of phenolic OH excluding ortho intramolecular Hbond substituents is 1. The summed E-state index contributed by atoms with van der Waals surface area (Å²) in [5.74, 6) is 1.06. The molecule has 0 radical (unpaired) electrons. The van der Waals surface area contributed by atoms with Crippen LogP contribution in [0.4, 0.5) is 0 Å². The Kier molecular flexibility index (Phi) is 3.16. The molecule has 1 aliphatic carbocycles. The van der Waals surface area contributed by atoms with Gasteiger partial charge in [0.1, 0.15) is 5.75 Å². The second-order valence-corrected chi connectivity index (χ2v) is 5.35. The maximum Gasteiger partial charge on any atom is 0.117 e. The average molecular weight is 239 g/mol. The maximum absolute atomic E-state index is 9.63. The molecule has 0 aromatic heterocycles. The molecule has 2 heteroatoms. The maximum atomic E-state index is 9.63. The summed E-state index contributed by atoms with van der Waals surface area (Å²) in [5, 5.41) is 10.3. The summed E-state index contributed by atoms with van der Waals surface area (Å²) < 4.78 is 0. The van der Waals surface area contributed by atoms with Crippen molar-refractivity contribution >= 4 is 11.6 Å². The van der Waals surface area contributed by atoms with E-state index in [0.717, 1.165) is 5.92 Å². The van der Waals surface area contributed by atoms with Crippen molar-refractivity contribution in [3.05, 3.63) is 28.8 Å². The van der Waals surface area contributed by atoms with Gasteiger partial charge >= 0.3 is 0 Å². The first kappa shape index (κ1) is 11.8. The lowest BCUT2D eigenvalue weighted by Crippen LogP contribution is -2.09. The Hall–Kier alpha value is -0.690. The fourth-order valence-corrected chi connectivity index (χ4v) is 3.26. The minimum absolute atomic E-state index is 0.291. The summed E-state index contributed by atoms with van der Waals surface area (Å²) in [4.78, 5) is 0. The molecule has 0 aliphatic heterocycles. The van der Waals surface area contributed by atoms with E-state index in [-0.39, 0.29) is 0 Å². The third-order valence-electron chi connectivity index (χ3n) is 3.88. The Labute approximate surface area is 102 Å². The molecular formula is C14H19ClO. The minimum atomic E-state index is 0.291. The number of hydrogen-bond acceptors (Lipinski definition) is 1. The van der Waals surface area contributed by atoms with Crippen molar-refractivity contribution in [3.8, 4) is 5.75 Å². The average Bonchev–Trinajstić information content (AvgIpc) is 2.92. The van der Waals surface area contributed by atoms with E-state index in [1.807, 2.05) is 12.1 Å². The van der Waals surface area contributed by atoms with Gasteiger partial charge in [0.05, 0.1) is 0 Å². The largest absolute Gasteiger partial charge is 0.508 e. The molecule has 1 nitrogen and oxygen atoms in total. The van der Waals surface area contributed by atoms with Crippen LogP contribution < -0.4 is 0 Å². The molecule has 2 atom stereocenters. The van der Waals surface area contributed by atoms with Crippen LogP contribution >= 0.6 is 11.6 Å². The van der Waals surface area contributed by atoms with E-state index >= 15 is 0 Å². The monoisotopic (exact) mass is 238 g/mol. The van der Waals surface area contributed by atoms with Crippen molar-refractivity contribution in [2.24, 2.45) is 5.92 Å². The van der Waals surface area contributed by atoms with Crippen LogP contribution in [0.3, 0.4) is 0 Å². The van der Waals surface area contributed by atoms with Crippen molar-refractivity contribution in [1.29, 1.82) is 0 Å². The molecule has 16 heavy (non-hydrogen) atoms. The topological polar surface area (TPSA) is 20.2 Å². The Morgan fingerprint density at radius 2 is 2.12 bits per heavy atom. The lowest BCUT2D eigenvalue weighted by Gasteiger charge is -2.17. The van der Waals surface area contributed by atoms with Crippen LogP contribution in [0.25, 0.3) is 0 Å². The van der Waals surface area contributed by atoms with Gasteiger partial charge < -0.3 is 5.11 Å². The SMILES string of the molecule is CCC[C@@]1(c2cc(O)cc(Cl)c2)CC1CC. The fourth-order valence-electron chi connectivity index (χ4n) is 3.03. The third kappa shape index (κ3) is 1.93. The van der Waals surface area contributed by atoms with Gasteiger partial charge in [0.25, 0.3) is 0 Å². The van der Waals surface area contributed by atoms with Gasteiger partial charge in [0.15, 0.2) is 0 Å². The molecule has 2 rings (SSSR count). The number of phenols is 1. The van der Waals surface area contributed by atoms with Gasteiger partial charge in [-0.05, 0) is 47.9 Å². The van der Waals surface area contributed by atoms with Crippen molar-refractivity contribution in [2.75, 3.05) is 0 Å². The zero-order valence-electron chi connectivity index (χ0n) is 9.96. The van der Waals surface area contributed by atoms with E-state index in [4.69, 9.17) is 11.6 Å². The summed E-state index contributed by atoms with van der Waals surface area (Å²) >= 11 is 6.02. The smallest absolute Gasteiger partial charge is 0.117 e. The minimum Gasteiger partial charge on any atom is -0.508 e. The molecule has 1 fully saturated rings. The van der Waals surface area contributed by atoms with Crippen molar-refractivity contribution in [1.82, 2.24) is 0 Å². The van der Waals surface area contributed by atoms with E-state index in [2.05, 4.69) is 13.8 Å². The first-order valence-electron chi connectivity index (χ1n) is 6.12. The van der Waals surface area contributed by atoms with Crippen LogP contribution in [-0.4, -0.2) is 5.11 Å². The Morgan fingerprint density at radius 3 is 2.62 bits per heavy atom. The van der Waals surface area contributed by atoms with Crippen LogP contribution in [0.5, 0.6) is 5.75 Å². The summed E-state index contributed by atoms with van der Waals surface area (Å²) in [7, 11) is 0. The van der Waals surface area contributed by atoms with E-state index in [1.165, 1.54) is 31.2 Å². The van der Waals surface area contributed by atoms with Gasteiger partial charge in [0, 0.05) is 5.02 Å². The zero-order chi connectivity index (χ0) is 11.8. The number of rotatable bonds is 4. The van der Waals surface area contributed by atoms with Gasteiger partial charge in [-0.25, -0.2) is 0 Å². The molecule has 1 aliphatic rings. The van der Waals surface area contributed by atoms with Gasteiger partial charge in [-0.15, -0.1) is 0 Å². The zero-order valence-corrected chi connectivity index (χ0v) is 10.7. The molecule has 1 aromatic rings. The van der Waals surface area contributed by atoms with E-state index in [1.54, 1.807) is 6.07 Å². The first-order valence-corrected chi connectivity index (χ1v) is 6.50. The molecule has 1 aromatic carbocycles. The Morgan fingerprint density at radius 1 is 1.38 bits per heavy atom. The lowest BCUT2D eigenvalue weighted by molar-refractivity contribution is 0.470. The second kappa shape index (κ2) is 4.29. The van der Waals surface area contributed by atoms with E-state index in [0.29, 0.717) is 16.2 Å². The highest BCUT2D eigenvalue weighted by Gasteiger charge is 2.52. The number of halogens is 1. The number of benzene rings is 1. The third-order valence-corrected chi connectivity index (χ3v) is 4.10. The van der Waals surface area contributed by atoms with E-state index in [9.17, 15) is 5.11 Å². The quantitative estimate of drug-likeness (QED) is 0.818. The molecule has 1 saturated carbocycles. The van der Waals surface area contributed by atoms with Gasteiger partial charge in [-0.2, -0.15) is 0 Å². The van der Waals surface area contributed by atoms with Crippen LogP contribution in [0.1, 0.15) is 45.1 Å². The van der Waals surface area contributed by atoms with Crippen molar-refractivity contribution < 1.29 is 5.11 Å². The first-order chi connectivity index (χ1) is 7.62. The predicted octanol–water partition coefficient (Wildman–Crippen LogP) is 4.51. The molecule has 0 heterocycles. The second-order valence-electron chi connectivity index (χ2n) is 4.91. The van der Waals surface area contributed by atoms with E-state index < -0.39 is 0 Å². The Balaban J connectivity index is 2.34. The highest BCUT2D eigenvalue weighted by Crippen LogP contribution is 2.59. The molecule has 1 N–H and O–H groups in total. The molecule has 0 spiro atoms. The standard InChI is InChI=1S/C14H19ClO/c1-3-5-14(9-10(14)4-2)11-6-12(15)8-13(16)7-11/h6-8,10,16H,3-5,9H2,1-2H3/t10?,14-/m1/s1. The molecule has 0 bridgehead atoms. The highest BCUT2D eigenvalue weighted by atomic mass is 35.5. The Bertz CT molecular complexity index is 368. The molecule has 88 valence electrons. The van der Waals surface area contributed by atoms with Crippen molar-refractivity contribution in [3.63, 3.8) is 0 Å². The summed E-state index contributed by atoms with van der Waals surface area (Å²) in [5.41, 5.74) is 1.53. The number of hydrogen-bond donors (Lipinski definition) is 1.